The topological polar surface area (TPSA) is 4.10 Å². The van der Waals surface area contributed by atoms with Crippen molar-refractivity contribution in [3.63, 3.8) is 0 Å². The Morgan fingerprint density at radius 2 is 1.80 bits per heavy atom. The summed E-state index contributed by atoms with van der Waals surface area (Å²) < 4.78 is 3.35. The van der Waals surface area contributed by atoms with Crippen molar-refractivity contribution in [2.75, 3.05) is 0 Å². The van der Waals surface area contributed by atoms with Gasteiger partial charge in [0.2, 0.25) is 5.52 Å². The average Bonchev–Trinajstić information content (AvgIpc) is 2.26. The fourth-order valence-electron chi connectivity index (χ4n) is 2.35. The van der Waals surface area contributed by atoms with Gasteiger partial charge in [-0.3, -0.25) is 0 Å². The van der Waals surface area contributed by atoms with Gasteiger partial charge in [0, 0.05) is 17.7 Å². The van der Waals surface area contributed by atoms with Gasteiger partial charge < -0.3 is 0 Å². The van der Waals surface area contributed by atoms with Crippen LogP contribution in [-0.4, -0.2) is 0 Å². The maximum absolute atomic E-state index is 3.51. The highest BCUT2D eigenvalue weighted by molar-refractivity contribution is 9.10. The van der Waals surface area contributed by atoms with E-state index in [1.54, 1.807) is 5.56 Å². The lowest BCUT2D eigenvalue weighted by Gasteiger charge is -2.12. The first-order chi connectivity index (χ1) is 7.33. The van der Waals surface area contributed by atoms with Crippen LogP contribution in [0.2, 0.25) is 0 Å². The molecule has 0 atom stereocenters. The summed E-state index contributed by atoms with van der Waals surface area (Å²) in [6.07, 6.45) is 9.60. The van der Waals surface area contributed by atoms with Gasteiger partial charge in [-0.05, 0) is 53.2 Å². The Labute approximate surface area is 97.9 Å². The Bertz CT molecular complexity index is 519. The van der Waals surface area contributed by atoms with E-state index in [2.05, 4.69) is 50.9 Å². The molecule has 0 unspecified atom stereocenters. The zero-order valence-electron chi connectivity index (χ0n) is 8.54. The number of nitrogens with zero attached hydrogens (tertiary/aromatic N) is 1. The van der Waals surface area contributed by atoms with Crippen LogP contribution in [0.5, 0.6) is 0 Å². The Balaban J connectivity index is 2.26. The Hall–Kier alpha value is -0.890. The number of fused-ring (bicyclic) bond motifs is 2. The van der Waals surface area contributed by atoms with Crippen LogP contribution in [0.25, 0.3) is 5.52 Å². The molecule has 0 amide bonds. The van der Waals surface area contributed by atoms with Crippen LogP contribution in [0.1, 0.15) is 24.0 Å². The third-order valence-corrected chi connectivity index (χ3v) is 3.61. The summed E-state index contributed by atoms with van der Waals surface area (Å²) in [6, 6.07) is 6.60. The highest BCUT2D eigenvalue weighted by atomic mass is 79.9. The van der Waals surface area contributed by atoms with Gasteiger partial charge in [0.15, 0.2) is 12.4 Å². The average molecular weight is 263 g/mol. The standard InChI is InChI=1S/C13H13BrN/c14-12-5-6-13-7-10-3-1-2-4-11(10)8-15(13)9-12/h5-9H,1-4H2/q+1. The van der Waals surface area contributed by atoms with E-state index in [9.17, 15) is 0 Å². The number of rotatable bonds is 0. The largest absolute Gasteiger partial charge is 0.210 e. The molecule has 0 N–H and O–H groups in total. The van der Waals surface area contributed by atoms with Gasteiger partial charge in [-0.1, -0.05) is 0 Å². The molecule has 1 aliphatic rings. The van der Waals surface area contributed by atoms with Gasteiger partial charge in [0.25, 0.3) is 0 Å². The van der Waals surface area contributed by atoms with Crippen molar-refractivity contribution in [1.29, 1.82) is 0 Å². The Kier molecular flexibility index (Phi) is 2.24. The second-order valence-electron chi connectivity index (χ2n) is 4.21. The normalized spacial score (nSPS) is 15.3. The summed E-state index contributed by atoms with van der Waals surface area (Å²) in [5, 5.41) is 0. The molecule has 3 rings (SSSR count). The monoisotopic (exact) mass is 262 g/mol. The molecule has 1 aliphatic carbocycles. The van der Waals surface area contributed by atoms with E-state index >= 15 is 0 Å². The molecule has 0 saturated carbocycles. The molecule has 2 heterocycles. The van der Waals surface area contributed by atoms with Gasteiger partial charge in [-0.15, -0.1) is 0 Å². The van der Waals surface area contributed by atoms with Crippen LogP contribution in [-0.2, 0) is 12.8 Å². The van der Waals surface area contributed by atoms with Crippen LogP contribution in [0.3, 0.4) is 0 Å². The van der Waals surface area contributed by atoms with Crippen LogP contribution in [0.4, 0.5) is 0 Å². The zero-order chi connectivity index (χ0) is 10.3. The predicted molar refractivity (Wildman–Crippen MR) is 63.9 cm³/mol. The van der Waals surface area contributed by atoms with Gasteiger partial charge in [0.05, 0.1) is 4.47 Å². The van der Waals surface area contributed by atoms with Crippen molar-refractivity contribution in [1.82, 2.24) is 0 Å². The highest BCUT2D eigenvalue weighted by Crippen LogP contribution is 2.21. The molecule has 0 radical (unpaired) electrons. The van der Waals surface area contributed by atoms with Crippen LogP contribution < -0.4 is 4.40 Å². The lowest BCUT2D eigenvalue weighted by atomic mass is 9.93. The van der Waals surface area contributed by atoms with E-state index < -0.39 is 0 Å². The Morgan fingerprint density at radius 1 is 1.00 bits per heavy atom. The van der Waals surface area contributed by atoms with E-state index in [0.717, 1.165) is 4.47 Å². The number of aromatic nitrogens is 1. The lowest BCUT2D eigenvalue weighted by molar-refractivity contribution is -0.513. The molecule has 15 heavy (non-hydrogen) atoms. The molecule has 0 spiro atoms. The summed E-state index contributed by atoms with van der Waals surface area (Å²) in [6.45, 7) is 0. The SMILES string of the molecule is Brc1ccc2cc3c(c[n+]2c1)CCCC3. The third-order valence-electron chi connectivity index (χ3n) is 3.15. The van der Waals surface area contributed by atoms with Gasteiger partial charge in [-0.25, -0.2) is 0 Å². The van der Waals surface area contributed by atoms with Crippen molar-refractivity contribution in [2.24, 2.45) is 0 Å². The summed E-state index contributed by atoms with van der Waals surface area (Å²) in [4.78, 5) is 0. The summed E-state index contributed by atoms with van der Waals surface area (Å²) in [5.74, 6) is 0. The van der Waals surface area contributed by atoms with Gasteiger partial charge in [0.1, 0.15) is 0 Å². The van der Waals surface area contributed by atoms with Crippen molar-refractivity contribution in [2.45, 2.75) is 25.7 Å². The quantitative estimate of drug-likeness (QED) is 0.643. The van der Waals surface area contributed by atoms with Crippen molar-refractivity contribution in [3.05, 3.63) is 46.2 Å². The summed E-state index contributed by atoms with van der Waals surface area (Å²) in [5.41, 5.74) is 4.36. The van der Waals surface area contributed by atoms with E-state index in [-0.39, 0.29) is 0 Å². The van der Waals surface area contributed by atoms with E-state index in [0.29, 0.717) is 0 Å². The molecule has 0 bridgehead atoms. The number of halogens is 1. The number of pyridine rings is 2. The highest BCUT2D eigenvalue weighted by Gasteiger charge is 2.14. The molecule has 2 heteroatoms. The minimum atomic E-state index is 1.13. The van der Waals surface area contributed by atoms with Crippen molar-refractivity contribution >= 4 is 21.4 Å². The van der Waals surface area contributed by atoms with Crippen LogP contribution in [0, 0.1) is 0 Å². The molecular formula is C13H13BrN+. The molecule has 2 aromatic heterocycles. The summed E-state index contributed by atoms with van der Waals surface area (Å²) >= 11 is 3.51. The molecule has 76 valence electrons. The molecule has 1 nitrogen and oxygen atoms in total. The summed E-state index contributed by atoms with van der Waals surface area (Å²) in [7, 11) is 0. The molecule has 0 saturated heterocycles. The molecule has 0 aliphatic heterocycles. The van der Waals surface area contributed by atoms with Gasteiger partial charge >= 0.3 is 0 Å². The fraction of sp³-hybridized carbons (Fsp3) is 0.308. The Morgan fingerprint density at radius 3 is 2.67 bits per heavy atom. The van der Waals surface area contributed by atoms with Crippen LogP contribution >= 0.6 is 15.9 Å². The maximum Gasteiger partial charge on any atom is 0.210 e. The first-order valence-electron chi connectivity index (χ1n) is 5.45. The minimum Gasteiger partial charge on any atom is -0.166 e. The van der Waals surface area contributed by atoms with Crippen molar-refractivity contribution in [3.8, 4) is 0 Å². The first-order valence-corrected chi connectivity index (χ1v) is 6.24. The van der Waals surface area contributed by atoms with E-state index in [1.165, 1.54) is 36.8 Å². The minimum absolute atomic E-state index is 1.13. The molecule has 0 aromatic carbocycles. The van der Waals surface area contributed by atoms with Crippen molar-refractivity contribution < 1.29 is 4.40 Å². The smallest absolute Gasteiger partial charge is 0.166 e. The second kappa shape index (κ2) is 3.60. The molecule has 2 aromatic rings. The first kappa shape index (κ1) is 9.34. The second-order valence-corrected chi connectivity index (χ2v) is 5.13. The molecule has 0 fully saturated rings. The number of aryl methyl sites for hydroxylation is 2. The fourth-order valence-corrected chi connectivity index (χ4v) is 2.70. The van der Waals surface area contributed by atoms with Gasteiger partial charge in [-0.2, -0.15) is 4.40 Å². The van der Waals surface area contributed by atoms with E-state index in [1.807, 2.05) is 0 Å². The maximum atomic E-state index is 3.51. The number of hydrogen-bond acceptors (Lipinski definition) is 0. The predicted octanol–water partition coefficient (Wildman–Crippen LogP) is 3.07. The zero-order valence-corrected chi connectivity index (χ0v) is 10.1. The van der Waals surface area contributed by atoms with Crippen LogP contribution in [0.15, 0.2) is 35.1 Å². The molecular weight excluding hydrogens is 250 g/mol. The van der Waals surface area contributed by atoms with E-state index in [4.69, 9.17) is 0 Å². The third kappa shape index (κ3) is 1.67. The lowest BCUT2D eigenvalue weighted by Crippen LogP contribution is -2.23. The number of hydrogen-bond donors (Lipinski definition) is 0.